The minimum absolute atomic E-state index is 0.256. The summed E-state index contributed by atoms with van der Waals surface area (Å²) in [4.78, 5) is 2.53. The Bertz CT molecular complexity index is 239. The molecule has 1 saturated heterocycles. The molecule has 1 fully saturated rings. The first-order valence-corrected chi connectivity index (χ1v) is 6.54. The Morgan fingerprint density at radius 1 is 1.41 bits per heavy atom. The zero-order chi connectivity index (χ0) is 12.7. The standard InChI is InChI=1S/C12H26N4O/c1-10(9-16-5-3-4-6-16)8-14-11(2)7-12(13)15-17/h10-11,14,17H,3-9H2,1-2H3,(H2,13,15). The van der Waals surface area contributed by atoms with Crippen LogP contribution in [0.15, 0.2) is 5.16 Å². The Hall–Kier alpha value is -0.810. The summed E-state index contributed by atoms with van der Waals surface area (Å²) in [6.45, 7) is 8.98. The van der Waals surface area contributed by atoms with Crippen LogP contribution in [0.5, 0.6) is 0 Å². The van der Waals surface area contributed by atoms with Gasteiger partial charge in [0.15, 0.2) is 0 Å². The molecule has 0 aromatic heterocycles. The average Bonchev–Trinajstić information content (AvgIpc) is 2.79. The zero-order valence-electron chi connectivity index (χ0n) is 11.0. The van der Waals surface area contributed by atoms with Crippen LogP contribution in [-0.2, 0) is 0 Å². The van der Waals surface area contributed by atoms with Crippen molar-refractivity contribution in [3.8, 4) is 0 Å². The van der Waals surface area contributed by atoms with Gasteiger partial charge in [-0.05, 0) is 45.3 Å². The Balaban J connectivity index is 2.11. The van der Waals surface area contributed by atoms with Crippen molar-refractivity contribution in [1.29, 1.82) is 0 Å². The Morgan fingerprint density at radius 2 is 2.06 bits per heavy atom. The summed E-state index contributed by atoms with van der Waals surface area (Å²) in [6, 6.07) is 0.256. The van der Waals surface area contributed by atoms with E-state index < -0.39 is 0 Å². The van der Waals surface area contributed by atoms with Crippen LogP contribution < -0.4 is 11.1 Å². The van der Waals surface area contributed by atoms with E-state index in [1.165, 1.54) is 32.5 Å². The number of hydrogen-bond donors (Lipinski definition) is 3. The quantitative estimate of drug-likeness (QED) is 0.268. The first-order valence-electron chi connectivity index (χ1n) is 6.54. The first kappa shape index (κ1) is 14.3. The van der Waals surface area contributed by atoms with E-state index in [4.69, 9.17) is 10.9 Å². The largest absolute Gasteiger partial charge is 0.409 e. The molecule has 17 heavy (non-hydrogen) atoms. The molecule has 0 radical (unpaired) electrons. The van der Waals surface area contributed by atoms with Gasteiger partial charge in [0.05, 0.1) is 0 Å². The molecule has 0 aromatic carbocycles. The Kier molecular flexibility index (Phi) is 6.29. The fraction of sp³-hybridized carbons (Fsp3) is 0.917. The molecule has 1 aliphatic rings. The van der Waals surface area contributed by atoms with Gasteiger partial charge in [-0.2, -0.15) is 0 Å². The molecule has 0 spiro atoms. The molecule has 2 atom stereocenters. The van der Waals surface area contributed by atoms with Gasteiger partial charge >= 0.3 is 0 Å². The van der Waals surface area contributed by atoms with E-state index in [9.17, 15) is 0 Å². The lowest BCUT2D eigenvalue weighted by Gasteiger charge is -2.22. The SMILES string of the molecule is CC(CNC(C)CC(N)=NO)CN1CCCC1. The topological polar surface area (TPSA) is 73.9 Å². The molecule has 5 heteroatoms. The molecule has 0 saturated carbocycles. The number of amidine groups is 1. The van der Waals surface area contributed by atoms with Crippen LogP contribution in [0.3, 0.4) is 0 Å². The van der Waals surface area contributed by atoms with Crippen LogP contribution in [0.2, 0.25) is 0 Å². The maximum atomic E-state index is 8.48. The summed E-state index contributed by atoms with van der Waals surface area (Å²) < 4.78 is 0. The number of hydrogen-bond acceptors (Lipinski definition) is 4. The summed E-state index contributed by atoms with van der Waals surface area (Å²) in [5.41, 5.74) is 5.46. The lowest BCUT2D eigenvalue weighted by Crippen LogP contribution is -2.37. The summed E-state index contributed by atoms with van der Waals surface area (Å²) >= 11 is 0. The van der Waals surface area contributed by atoms with E-state index in [-0.39, 0.29) is 11.9 Å². The van der Waals surface area contributed by atoms with E-state index in [2.05, 4.69) is 29.2 Å². The highest BCUT2D eigenvalue weighted by Gasteiger charge is 2.15. The van der Waals surface area contributed by atoms with Crippen molar-refractivity contribution < 1.29 is 5.21 Å². The second-order valence-corrected chi connectivity index (χ2v) is 5.22. The van der Waals surface area contributed by atoms with Gasteiger partial charge in [-0.1, -0.05) is 12.1 Å². The van der Waals surface area contributed by atoms with Crippen LogP contribution in [0.4, 0.5) is 0 Å². The lowest BCUT2D eigenvalue weighted by molar-refractivity contribution is 0.278. The van der Waals surface area contributed by atoms with Gasteiger partial charge in [0.25, 0.3) is 0 Å². The predicted octanol–water partition coefficient (Wildman–Crippen LogP) is 0.833. The van der Waals surface area contributed by atoms with Gasteiger partial charge in [0.2, 0.25) is 0 Å². The van der Waals surface area contributed by atoms with Gasteiger partial charge in [-0.15, -0.1) is 0 Å². The highest BCUT2D eigenvalue weighted by atomic mass is 16.4. The number of likely N-dealkylation sites (tertiary alicyclic amines) is 1. The molecule has 0 amide bonds. The lowest BCUT2D eigenvalue weighted by atomic mass is 10.1. The maximum Gasteiger partial charge on any atom is 0.140 e. The fourth-order valence-electron chi connectivity index (χ4n) is 2.30. The molecular formula is C12H26N4O. The van der Waals surface area contributed by atoms with Crippen LogP contribution in [0, 0.1) is 5.92 Å². The highest BCUT2D eigenvalue weighted by molar-refractivity contribution is 5.80. The summed E-state index contributed by atoms with van der Waals surface area (Å²) in [6.07, 6.45) is 3.28. The number of rotatable bonds is 7. The van der Waals surface area contributed by atoms with Crippen molar-refractivity contribution >= 4 is 5.84 Å². The minimum atomic E-state index is 0.256. The molecule has 2 unspecified atom stereocenters. The summed E-state index contributed by atoms with van der Waals surface area (Å²) in [7, 11) is 0. The third kappa shape index (κ3) is 5.89. The Labute approximate surface area is 104 Å². The molecule has 0 aliphatic carbocycles. The predicted molar refractivity (Wildman–Crippen MR) is 70.3 cm³/mol. The van der Waals surface area contributed by atoms with Crippen molar-refractivity contribution in [3.63, 3.8) is 0 Å². The van der Waals surface area contributed by atoms with E-state index in [1.807, 2.05) is 0 Å². The molecule has 4 N–H and O–H groups in total. The van der Waals surface area contributed by atoms with Crippen molar-refractivity contribution in [3.05, 3.63) is 0 Å². The van der Waals surface area contributed by atoms with E-state index in [0.29, 0.717) is 12.3 Å². The normalized spacial score (nSPS) is 21.6. The number of nitrogens with zero attached hydrogens (tertiary/aromatic N) is 2. The van der Waals surface area contributed by atoms with Gasteiger partial charge in [0.1, 0.15) is 5.84 Å². The summed E-state index contributed by atoms with van der Waals surface area (Å²) in [5, 5.41) is 14.9. The Morgan fingerprint density at radius 3 is 2.65 bits per heavy atom. The smallest absolute Gasteiger partial charge is 0.140 e. The molecule has 1 heterocycles. The monoisotopic (exact) mass is 242 g/mol. The van der Waals surface area contributed by atoms with Crippen molar-refractivity contribution in [1.82, 2.24) is 10.2 Å². The average molecular weight is 242 g/mol. The first-order chi connectivity index (χ1) is 8.11. The van der Waals surface area contributed by atoms with E-state index >= 15 is 0 Å². The third-order valence-corrected chi connectivity index (χ3v) is 3.23. The van der Waals surface area contributed by atoms with Gasteiger partial charge in [-0.3, -0.25) is 0 Å². The second-order valence-electron chi connectivity index (χ2n) is 5.22. The van der Waals surface area contributed by atoms with Gasteiger partial charge in [-0.25, -0.2) is 0 Å². The van der Waals surface area contributed by atoms with Crippen molar-refractivity contribution in [2.75, 3.05) is 26.2 Å². The molecule has 5 nitrogen and oxygen atoms in total. The molecular weight excluding hydrogens is 216 g/mol. The van der Waals surface area contributed by atoms with Gasteiger partial charge < -0.3 is 21.2 Å². The van der Waals surface area contributed by atoms with Crippen LogP contribution in [0.25, 0.3) is 0 Å². The summed E-state index contributed by atoms with van der Waals surface area (Å²) in [5.74, 6) is 0.931. The van der Waals surface area contributed by atoms with Gasteiger partial charge in [0, 0.05) is 19.0 Å². The van der Waals surface area contributed by atoms with Crippen molar-refractivity contribution in [2.45, 2.75) is 39.2 Å². The van der Waals surface area contributed by atoms with Crippen LogP contribution >= 0.6 is 0 Å². The number of oxime groups is 1. The van der Waals surface area contributed by atoms with Crippen molar-refractivity contribution in [2.24, 2.45) is 16.8 Å². The number of nitrogens with two attached hydrogens (primary N) is 1. The zero-order valence-corrected chi connectivity index (χ0v) is 11.0. The van der Waals surface area contributed by atoms with Crippen LogP contribution in [0.1, 0.15) is 33.1 Å². The number of nitrogens with one attached hydrogen (secondary N) is 1. The highest BCUT2D eigenvalue weighted by Crippen LogP contribution is 2.09. The van der Waals surface area contributed by atoms with E-state index in [1.54, 1.807) is 0 Å². The molecule has 0 bridgehead atoms. The van der Waals surface area contributed by atoms with Crippen LogP contribution in [-0.4, -0.2) is 48.2 Å². The third-order valence-electron chi connectivity index (χ3n) is 3.23. The second kappa shape index (κ2) is 7.50. The molecule has 0 aromatic rings. The molecule has 1 rings (SSSR count). The minimum Gasteiger partial charge on any atom is -0.409 e. The molecule has 100 valence electrons. The molecule has 1 aliphatic heterocycles. The van der Waals surface area contributed by atoms with E-state index in [0.717, 1.165) is 6.54 Å². The fourth-order valence-corrected chi connectivity index (χ4v) is 2.30. The maximum absolute atomic E-state index is 8.48.